The topological polar surface area (TPSA) is 37.3 Å². The van der Waals surface area contributed by atoms with E-state index in [1.54, 1.807) is 0 Å². The van der Waals surface area contributed by atoms with Crippen LogP contribution in [-0.4, -0.2) is 22.0 Å². The van der Waals surface area contributed by atoms with Gasteiger partial charge in [0.15, 0.2) is 0 Å². The molecule has 0 saturated carbocycles. The third-order valence-corrected chi connectivity index (χ3v) is 3.08. The van der Waals surface area contributed by atoms with Gasteiger partial charge < -0.3 is 5.11 Å². The average molecular weight is 271 g/mol. The number of carbonyl (C=O) groups is 1. The van der Waals surface area contributed by atoms with Gasteiger partial charge in [0.1, 0.15) is 0 Å². The van der Waals surface area contributed by atoms with Gasteiger partial charge in [-0.05, 0) is 23.9 Å². The predicted molar refractivity (Wildman–Crippen MR) is 55.0 cm³/mol. The van der Waals surface area contributed by atoms with Crippen molar-refractivity contribution in [3.63, 3.8) is 0 Å². The van der Waals surface area contributed by atoms with E-state index in [1.807, 2.05) is 0 Å². The summed E-state index contributed by atoms with van der Waals surface area (Å²) in [6.07, 6.45) is 0. The predicted octanol–water partition coefficient (Wildman–Crippen LogP) is 3.60. The van der Waals surface area contributed by atoms with Crippen LogP contribution < -0.4 is 0 Å². The van der Waals surface area contributed by atoms with Crippen LogP contribution in [0.15, 0.2) is 29.2 Å². The number of halogens is 4. The maximum atomic E-state index is 12.9. The summed E-state index contributed by atoms with van der Waals surface area (Å²) >= 11 is 4.45. The molecule has 0 saturated heterocycles. The lowest BCUT2D eigenvalue weighted by atomic mass is 10.2. The molecule has 0 spiro atoms. The van der Waals surface area contributed by atoms with Crippen LogP contribution in [0, 0.1) is 0 Å². The van der Waals surface area contributed by atoms with Gasteiger partial charge in [0.2, 0.25) is 5.63 Å². The highest BCUT2D eigenvalue weighted by molar-refractivity contribution is 8.00. The van der Waals surface area contributed by atoms with Gasteiger partial charge in [0, 0.05) is 4.90 Å². The molecule has 1 aromatic rings. The second kappa shape index (κ2) is 4.97. The van der Waals surface area contributed by atoms with Crippen molar-refractivity contribution >= 4 is 29.3 Å². The summed E-state index contributed by atoms with van der Waals surface area (Å²) < 4.78 is 38.2. The minimum absolute atomic E-state index is 0.212. The van der Waals surface area contributed by atoms with Gasteiger partial charge in [-0.25, -0.2) is 9.18 Å². The van der Waals surface area contributed by atoms with Gasteiger partial charge in [-0.3, -0.25) is 0 Å². The van der Waals surface area contributed by atoms with Gasteiger partial charge in [0.05, 0.1) is 5.56 Å². The minimum Gasteiger partial charge on any atom is -0.478 e. The molecule has 0 fully saturated rings. The maximum Gasteiger partial charge on any atom is 0.342 e. The molecular formula is C9H6ClF3O2S. The van der Waals surface area contributed by atoms with E-state index < -0.39 is 16.9 Å². The molecule has 7 heteroatoms. The number of hydrogen-bond acceptors (Lipinski definition) is 2. The molecule has 0 aliphatic heterocycles. The molecule has 2 nitrogen and oxygen atoms in total. The van der Waals surface area contributed by atoms with Crippen molar-refractivity contribution in [2.75, 3.05) is 0 Å². The second-order valence-electron chi connectivity index (χ2n) is 2.77. The molecule has 0 bridgehead atoms. The van der Waals surface area contributed by atoms with Crippen molar-refractivity contribution in [3.05, 3.63) is 29.8 Å². The number of rotatable bonds is 4. The van der Waals surface area contributed by atoms with Gasteiger partial charge in [-0.15, -0.1) is 0 Å². The Labute approximate surface area is 98.4 Å². The number of carboxylic acid groups (broad SMARTS) is 1. The Morgan fingerprint density at radius 1 is 1.44 bits per heavy atom. The summed E-state index contributed by atoms with van der Waals surface area (Å²) in [5.74, 6) is -1.36. The van der Waals surface area contributed by atoms with Crippen molar-refractivity contribution < 1.29 is 23.1 Å². The number of carboxylic acids is 1. The van der Waals surface area contributed by atoms with E-state index in [2.05, 4.69) is 11.6 Å². The zero-order valence-corrected chi connectivity index (χ0v) is 9.23. The Kier molecular flexibility index (Phi) is 4.09. The standard InChI is InChI=1S/C9H6ClF3O2S/c10-8(11)9(12,13)16-6-4-2-1-3-5(6)7(14)15/h1-4,8H,(H,14,15). The van der Waals surface area contributed by atoms with Crippen LogP contribution in [0.25, 0.3) is 0 Å². The summed E-state index contributed by atoms with van der Waals surface area (Å²) in [7, 11) is 0. The number of aromatic carboxylic acids is 1. The Balaban J connectivity index is 3.02. The molecule has 0 aromatic heterocycles. The lowest BCUT2D eigenvalue weighted by molar-refractivity contribution is 0.0536. The molecule has 0 radical (unpaired) electrons. The largest absolute Gasteiger partial charge is 0.478 e. The average Bonchev–Trinajstić information content (AvgIpc) is 2.17. The highest BCUT2D eigenvalue weighted by atomic mass is 35.5. The van der Waals surface area contributed by atoms with E-state index in [-0.39, 0.29) is 22.2 Å². The fraction of sp³-hybridized carbons (Fsp3) is 0.222. The van der Waals surface area contributed by atoms with Crippen molar-refractivity contribution in [2.24, 2.45) is 0 Å². The van der Waals surface area contributed by atoms with E-state index in [0.29, 0.717) is 0 Å². The van der Waals surface area contributed by atoms with E-state index in [1.165, 1.54) is 18.2 Å². The first-order valence-corrected chi connectivity index (χ1v) is 5.27. The van der Waals surface area contributed by atoms with Crippen molar-refractivity contribution in [1.29, 1.82) is 0 Å². The molecule has 1 aromatic carbocycles. The summed E-state index contributed by atoms with van der Waals surface area (Å²) in [5, 5.41) is 4.85. The molecule has 0 aliphatic carbocycles. The third-order valence-electron chi connectivity index (χ3n) is 1.62. The zero-order chi connectivity index (χ0) is 12.3. The summed E-state index contributed by atoms with van der Waals surface area (Å²) in [4.78, 5) is 10.5. The van der Waals surface area contributed by atoms with Crippen LogP contribution >= 0.6 is 23.4 Å². The van der Waals surface area contributed by atoms with Gasteiger partial charge in [-0.1, -0.05) is 23.7 Å². The fourth-order valence-corrected chi connectivity index (χ4v) is 1.85. The smallest absolute Gasteiger partial charge is 0.342 e. The Bertz CT molecular complexity index is 398. The number of benzene rings is 1. The quantitative estimate of drug-likeness (QED) is 0.671. The number of hydrogen-bond donors (Lipinski definition) is 1. The van der Waals surface area contributed by atoms with Gasteiger partial charge in [-0.2, -0.15) is 8.78 Å². The molecule has 0 heterocycles. The highest BCUT2D eigenvalue weighted by Crippen LogP contribution is 2.42. The lowest BCUT2D eigenvalue weighted by Gasteiger charge is -2.16. The SMILES string of the molecule is O=C(O)c1ccccc1SC(F)(F)C(F)Cl. The fourth-order valence-electron chi connectivity index (χ4n) is 0.923. The summed E-state index contributed by atoms with van der Waals surface area (Å²) in [6, 6.07) is 5.09. The van der Waals surface area contributed by atoms with Crippen LogP contribution in [-0.2, 0) is 0 Å². The van der Waals surface area contributed by atoms with Crippen LogP contribution in [0.4, 0.5) is 13.2 Å². The Morgan fingerprint density at radius 3 is 2.50 bits per heavy atom. The molecule has 1 atom stereocenters. The molecule has 16 heavy (non-hydrogen) atoms. The molecule has 1 N–H and O–H groups in total. The van der Waals surface area contributed by atoms with Crippen molar-refractivity contribution in [2.45, 2.75) is 15.8 Å². The molecule has 0 amide bonds. The zero-order valence-electron chi connectivity index (χ0n) is 7.66. The first-order chi connectivity index (χ1) is 7.34. The minimum atomic E-state index is -3.87. The van der Waals surface area contributed by atoms with E-state index >= 15 is 0 Å². The van der Waals surface area contributed by atoms with Crippen molar-refractivity contribution in [3.8, 4) is 0 Å². The van der Waals surface area contributed by atoms with E-state index in [0.717, 1.165) is 6.07 Å². The number of thioether (sulfide) groups is 1. The van der Waals surface area contributed by atoms with Crippen molar-refractivity contribution in [1.82, 2.24) is 0 Å². The van der Waals surface area contributed by atoms with Crippen LogP contribution in [0.3, 0.4) is 0 Å². The summed E-state index contributed by atoms with van der Waals surface area (Å²) in [5.41, 5.74) is -3.19. The Morgan fingerprint density at radius 2 is 2.00 bits per heavy atom. The molecule has 0 aliphatic rings. The molecule has 1 rings (SSSR count). The van der Waals surface area contributed by atoms with E-state index in [9.17, 15) is 18.0 Å². The lowest BCUT2D eigenvalue weighted by Crippen LogP contribution is -2.21. The van der Waals surface area contributed by atoms with Crippen LogP contribution in [0.2, 0.25) is 0 Å². The van der Waals surface area contributed by atoms with Crippen LogP contribution in [0.5, 0.6) is 0 Å². The molecule has 1 unspecified atom stereocenters. The molecular weight excluding hydrogens is 265 g/mol. The normalized spacial score (nSPS) is 13.5. The van der Waals surface area contributed by atoms with Gasteiger partial charge >= 0.3 is 11.2 Å². The monoisotopic (exact) mass is 270 g/mol. The first-order valence-electron chi connectivity index (χ1n) is 4.02. The van der Waals surface area contributed by atoms with Gasteiger partial charge in [0.25, 0.3) is 0 Å². The number of alkyl halides is 4. The summed E-state index contributed by atoms with van der Waals surface area (Å²) in [6.45, 7) is 0. The van der Waals surface area contributed by atoms with E-state index in [4.69, 9.17) is 5.11 Å². The Hall–Kier alpha value is -0.880. The van der Waals surface area contributed by atoms with Crippen LogP contribution in [0.1, 0.15) is 10.4 Å². The third kappa shape index (κ3) is 3.05. The second-order valence-corrected chi connectivity index (χ2v) is 4.34. The first kappa shape index (κ1) is 13.2. The molecule has 88 valence electrons. The highest BCUT2D eigenvalue weighted by Gasteiger charge is 2.41. The maximum absolute atomic E-state index is 12.9.